The van der Waals surface area contributed by atoms with Gasteiger partial charge in [0.2, 0.25) is 5.43 Å². The molecule has 0 spiro atoms. The number of methoxy groups -OCH3 is 1. The number of nitrogens with one attached hydrogen (secondary N) is 1. The molecule has 37 heavy (non-hydrogen) atoms. The highest BCUT2D eigenvalue weighted by molar-refractivity contribution is 5.96. The highest BCUT2D eigenvalue weighted by atomic mass is 16.5. The molecule has 192 valence electrons. The molecule has 1 unspecified atom stereocenters. The van der Waals surface area contributed by atoms with Gasteiger partial charge in [-0.05, 0) is 48.9 Å². The summed E-state index contributed by atoms with van der Waals surface area (Å²) in [6.07, 6.45) is 1.93. The van der Waals surface area contributed by atoms with Gasteiger partial charge in [-0.3, -0.25) is 19.3 Å². The van der Waals surface area contributed by atoms with Crippen LogP contribution in [0, 0.1) is 0 Å². The molecule has 1 aliphatic heterocycles. The number of aromatic nitrogens is 1. The number of carbonyl (C=O) groups excluding carboxylic acids is 2. The predicted octanol–water partition coefficient (Wildman–Crippen LogP) is 2.93. The summed E-state index contributed by atoms with van der Waals surface area (Å²) in [6, 6.07) is 16.9. The molecule has 2 aromatic carbocycles. The van der Waals surface area contributed by atoms with E-state index >= 15 is 0 Å². The maximum absolute atomic E-state index is 13.8. The molecule has 9 nitrogen and oxygen atoms in total. The number of fused-ring (bicyclic) bond motifs is 3. The summed E-state index contributed by atoms with van der Waals surface area (Å²) in [7, 11) is 1.29. The third kappa shape index (κ3) is 4.10. The molecular formula is C28H30N4O5. The van der Waals surface area contributed by atoms with Crippen LogP contribution in [0.25, 0.3) is 0 Å². The third-order valence-electron chi connectivity index (χ3n) is 7.16. The average molecular weight is 503 g/mol. The van der Waals surface area contributed by atoms with Crippen LogP contribution in [0.2, 0.25) is 0 Å². The molecule has 1 atom stereocenters. The number of benzene rings is 2. The molecule has 0 radical (unpaired) electrons. The number of pyridine rings is 1. The minimum atomic E-state index is -0.662. The van der Waals surface area contributed by atoms with Gasteiger partial charge in [0.05, 0.1) is 19.7 Å². The number of nitrogens with zero attached hydrogens (tertiary/aromatic N) is 3. The van der Waals surface area contributed by atoms with Crippen LogP contribution in [0.1, 0.15) is 52.6 Å². The van der Waals surface area contributed by atoms with Gasteiger partial charge in [0, 0.05) is 18.3 Å². The number of carbonyl (C=O) groups is 2. The zero-order chi connectivity index (χ0) is 26.3. The highest BCUT2D eigenvalue weighted by Crippen LogP contribution is 2.40. The Balaban J connectivity index is 1.81. The number of hydrogen-bond donors (Lipinski definition) is 2. The maximum atomic E-state index is 13.8. The molecule has 0 saturated heterocycles. The highest BCUT2D eigenvalue weighted by Gasteiger charge is 2.45. The van der Waals surface area contributed by atoms with Crippen LogP contribution in [-0.4, -0.2) is 52.5 Å². The molecule has 0 bridgehead atoms. The average Bonchev–Trinajstić information content (AvgIpc) is 3.06. The Bertz CT molecular complexity index is 1370. The van der Waals surface area contributed by atoms with Crippen LogP contribution >= 0.6 is 0 Å². The molecule has 9 heteroatoms. The van der Waals surface area contributed by atoms with Crippen molar-refractivity contribution in [2.75, 3.05) is 18.7 Å². The Labute approximate surface area is 214 Å². The lowest BCUT2D eigenvalue weighted by Gasteiger charge is -2.51. The van der Waals surface area contributed by atoms with Gasteiger partial charge in [0.1, 0.15) is 6.17 Å². The van der Waals surface area contributed by atoms with E-state index < -0.39 is 29.3 Å². The van der Waals surface area contributed by atoms with Gasteiger partial charge < -0.3 is 20.1 Å². The van der Waals surface area contributed by atoms with E-state index in [1.807, 2.05) is 43.1 Å². The van der Waals surface area contributed by atoms with Crippen molar-refractivity contribution in [2.24, 2.45) is 0 Å². The molecule has 2 heterocycles. The monoisotopic (exact) mass is 502 g/mol. The predicted molar refractivity (Wildman–Crippen MR) is 138 cm³/mol. The zero-order valence-electron chi connectivity index (χ0n) is 21.0. The Hall–Kier alpha value is -4.27. The van der Waals surface area contributed by atoms with Gasteiger partial charge in [-0.15, -0.1) is 0 Å². The molecule has 1 aliphatic carbocycles. The number of ether oxygens (including phenoxy) is 1. The number of amides is 2. The molecular weight excluding hydrogens is 472 g/mol. The van der Waals surface area contributed by atoms with Gasteiger partial charge >= 0.3 is 6.09 Å². The van der Waals surface area contributed by atoms with Crippen LogP contribution in [-0.2, 0) is 17.6 Å². The Morgan fingerprint density at radius 1 is 1.03 bits per heavy atom. The van der Waals surface area contributed by atoms with Crippen molar-refractivity contribution in [1.29, 1.82) is 0 Å². The van der Waals surface area contributed by atoms with Crippen molar-refractivity contribution in [3.05, 3.63) is 99.0 Å². The van der Waals surface area contributed by atoms with E-state index in [1.165, 1.54) is 30.5 Å². The van der Waals surface area contributed by atoms with Crippen LogP contribution in [0.5, 0.6) is 5.75 Å². The molecule has 2 aliphatic rings. The Kier molecular flexibility index (Phi) is 6.37. The summed E-state index contributed by atoms with van der Waals surface area (Å²) in [5.74, 6) is -1.09. The summed E-state index contributed by atoms with van der Waals surface area (Å²) in [5.41, 5.74) is 3.72. The lowest BCUT2D eigenvalue weighted by Crippen LogP contribution is -2.67. The summed E-state index contributed by atoms with van der Waals surface area (Å²) >= 11 is 0. The van der Waals surface area contributed by atoms with E-state index in [0.29, 0.717) is 0 Å². The number of alkyl carbamates (subject to hydrolysis) is 1. The maximum Gasteiger partial charge on any atom is 0.406 e. The summed E-state index contributed by atoms with van der Waals surface area (Å²) in [6.45, 7) is 3.79. The number of rotatable bonds is 4. The first-order valence-electron chi connectivity index (χ1n) is 12.4. The first-order valence-corrected chi connectivity index (χ1v) is 12.4. The summed E-state index contributed by atoms with van der Waals surface area (Å²) in [5, 5.41) is 15.6. The Morgan fingerprint density at radius 3 is 2.19 bits per heavy atom. The molecule has 5 rings (SSSR count). The summed E-state index contributed by atoms with van der Waals surface area (Å²) < 4.78 is 6.40. The standard InChI is InChI=1S/C28H30N4O5/c1-17(2)31-23(16-29-28(36)37-3)32(30-15-14-22(33)26(34)25(30)27(31)35)24-20-10-6-4-8-18(20)12-13-19-9-5-7-11-21(19)24/h4-11,14-15,17,23-24,34H,12-13,16H2,1-3H3,(H,29,36). The van der Waals surface area contributed by atoms with Crippen molar-refractivity contribution in [2.45, 2.75) is 44.9 Å². The quantitative estimate of drug-likeness (QED) is 0.569. The van der Waals surface area contributed by atoms with E-state index in [2.05, 4.69) is 29.6 Å². The van der Waals surface area contributed by atoms with Crippen LogP contribution in [0.3, 0.4) is 0 Å². The molecule has 0 fully saturated rings. The second kappa shape index (κ2) is 9.65. The van der Waals surface area contributed by atoms with Gasteiger partial charge in [-0.25, -0.2) is 4.79 Å². The summed E-state index contributed by atoms with van der Waals surface area (Å²) in [4.78, 5) is 40.0. The van der Waals surface area contributed by atoms with E-state index in [1.54, 1.807) is 9.58 Å². The SMILES string of the molecule is COC(=O)NCC1N(C(C)C)C(=O)c2c(O)c(=O)ccn2N1C1c2ccccc2CCc2ccccc21. The normalized spacial score (nSPS) is 17.1. The first-order chi connectivity index (χ1) is 17.8. The molecule has 2 N–H and O–H groups in total. The minimum absolute atomic E-state index is 0.0593. The van der Waals surface area contributed by atoms with Crippen molar-refractivity contribution in [1.82, 2.24) is 14.9 Å². The van der Waals surface area contributed by atoms with Gasteiger partial charge in [-0.2, -0.15) is 0 Å². The molecule has 3 aromatic rings. The molecule has 0 saturated carbocycles. The van der Waals surface area contributed by atoms with E-state index in [9.17, 15) is 19.5 Å². The topological polar surface area (TPSA) is 104 Å². The van der Waals surface area contributed by atoms with Crippen molar-refractivity contribution in [3.63, 3.8) is 0 Å². The lowest BCUT2D eigenvalue weighted by molar-refractivity contribution is 0.0460. The van der Waals surface area contributed by atoms with E-state index in [-0.39, 0.29) is 24.3 Å². The minimum Gasteiger partial charge on any atom is -0.502 e. The second-order valence-corrected chi connectivity index (χ2v) is 9.56. The first kappa shape index (κ1) is 24.4. The third-order valence-corrected chi connectivity index (χ3v) is 7.16. The molecule has 1 aromatic heterocycles. The fraction of sp³-hybridized carbons (Fsp3) is 0.321. The van der Waals surface area contributed by atoms with Crippen LogP contribution in [0.15, 0.2) is 65.6 Å². The fourth-order valence-corrected chi connectivity index (χ4v) is 5.53. The van der Waals surface area contributed by atoms with Crippen molar-refractivity contribution in [3.8, 4) is 5.75 Å². The van der Waals surface area contributed by atoms with E-state index in [0.717, 1.165) is 24.0 Å². The van der Waals surface area contributed by atoms with Gasteiger partial charge in [-0.1, -0.05) is 48.5 Å². The Morgan fingerprint density at radius 2 is 1.62 bits per heavy atom. The van der Waals surface area contributed by atoms with Crippen molar-refractivity contribution >= 4 is 12.0 Å². The zero-order valence-corrected chi connectivity index (χ0v) is 21.0. The number of hydrogen-bond acceptors (Lipinski definition) is 6. The number of aryl methyl sites for hydroxylation is 2. The van der Waals surface area contributed by atoms with Gasteiger partial charge in [0.25, 0.3) is 5.91 Å². The molecule has 2 amide bonds. The van der Waals surface area contributed by atoms with Crippen LogP contribution < -0.4 is 15.8 Å². The van der Waals surface area contributed by atoms with E-state index in [4.69, 9.17) is 4.74 Å². The largest absolute Gasteiger partial charge is 0.502 e. The smallest absolute Gasteiger partial charge is 0.406 e. The number of aromatic hydroxyl groups is 1. The van der Waals surface area contributed by atoms with Crippen molar-refractivity contribution < 1.29 is 19.4 Å². The second-order valence-electron chi connectivity index (χ2n) is 9.56. The lowest BCUT2D eigenvalue weighted by atomic mass is 9.93. The fourth-order valence-electron chi connectivity index (χ4n) is 5.53. The van der Waals surface area contributed by atoms with Gasteiger partial charge in [0.15, 0.2) is 11.4 Å². The van der Waals surface area contributed by atoms with Crippen LogP contribution in [0.4, 0.5) is 4.79 Å².